The van der Waals surface area contributed by atoms with Crippen molar-refractivity contribution in [1.82, 2.24) is 19.9 Å². The third-order valence-corrected chi connectivity index (χ3v) is 3.80. The van der Waals surface area contributed by atoms with Crippen LogP contribution in [0.3, 0.4) is 0 Å². The van der Waals surface area contributed by atoms with Gasteiger partial charge in [-0.1, -0.05) is 6.07 Å². The van der Waals surface area contributed by atoms with Crippen LogP contribution >= 0.6 is 11.8 Å². The van der Waals surface area contributed by atoms with Gasteiger partial charge < -0.3 is 9.73 Å². The molecule has 0 spiro atoms. The van der Waals surface area contributed by atoms with Gasteiger partial charge in [0.25, 0.3) is 5.91 Å². The number of furan rings is 1. The second-order valence-corrected chi connectivity index (χ2v) is 5.70. The van der Waals surface area contributed by atoms with Crippen molar-refractivity contribution in [1.29, 1.82) is 0 Å². The van der Waals surface area contributed by atoms with E-state index in [1.807, 2.05) is 35.2 Å². The van der Waals surface area contributed by atoms with E-state index in [-0.39, 0.29) is 5.91 Å². The first-order valence-electron chi connectivity index (χ1n) is 7.06. The lowest BCUT2D eigenvalue weighted by molar-refractivity contribution is 0.0921. The van der Waals surface area contributed by atoms with Gasteiger partial charge in [-0.25, -0.2) is 9.97 Å². The molecule has 3 aromatic heterocycles. The van der Waals surface area contributed by atoms with Crippen molar-refractivity contribution in [2.24, 2.45) is 0 Å². The maximum Gasteiger partial charge on any atom is 0.287 e. The molecule has 0 aliphatic heterocycles. The van der Waals surface area contributed by atoms with Gasteiger partial charge in [0.2, 0.25) is 0 Å². The van der Waals surface area contributed by atoms with Crippen molar-refractivity contribution in [2.75, 3.05) is 6.26 Å². The molecule has 3 aromatic rings. The van der Waals surface area contributed by atoms with Crippen LogP contribution in [0.4, 0.5) is 0 Å². The highest BCUT2D eigenvalue weighted by Crippen LogP contribution is 2.14. The summed E-state index contributed by atoms with van der Waals surface area (Å²) in [5, 5.41) is 2.86. The summed E-state index contributed by atoms with van der Waals surface area (Å²) in [7, 11) is 0. The van der Waals surface area contributed by atoms with E-state index >= 15 is 0 Å². The molecule has 7 heteroatoms. The third-order valence-electron chi connectivity index (χ3n) is 3.23. The number of nitrogens with zero attached hydrogens (tertiary/aromatic N) is 3. The van der Waals surface area contributed by atoms with Crippen LogP contribution < -0.4 is 5.32 Å². The lowest BCUT2D eigenvalue weighted by Crippen LogP contribution is -2.23. The average Bonchev–Trinajstić information content (AvgIpc) is 3.25. The smallest absolute Gasteiger partial charge is 0.287 e. The highest BCUT2D eigenvalue weighted by Gasteiger charge is 2.12. The molecule has 0 saturated heterocycles. The van der Waals surface area contributed by atoms with Gasteiger partial charge in [-0.15, -0.1) is 0 Å². The summed E-state index contributed by atoms with van der Waals surface area (Å²) >= 11 is 1.65. The van der Waals surface area contributed by atoms with Crippen molar-refractivity contribution in [2.45, 2.75) is 12.3 Å². The largest absolute Gasteiger partial charge is 0.455 e. The summed E-state index contributed by atoms with van der Waals surface area (Å²) in [6, 6.07) is 7.28. The molecule has 0 saturated carbocycles. The van der Waals surface area contributed by atoms with Crippen molar-refractivity contribution in [3.8, 4) is 5.82 Å². The Labute approximate surface area is 137 Å². The zero-order valence-electron chi connectivity index (χ0n) is 12.6. The molecule has 3 heterocycles. The van der Waals surface area contributed by atoms with Gasteiger partial charge in [0.05, 0.1) is 5.75 Å². The van der Waals surface area contributed by atoms with Crippen LogP contribution in [0.2, 0.25) is 0 Å². The number of aromatic nitrogens is 3. The molecule has 0 aliphatic carbocycles. The molecule has 3 rings (SSSR count). The van der Waals surface area contributed by atoms with Crippen LogP contribution in [0, 0.1) is 0 Å². The topological polar surface area (TPSA) is 73.0 Å². The average molecular weight is 328 g/mol. The molecular formula is C16H16N4O2S. The van der Waals surface area contributed by atoms with Gasteiger partial charge in [-0.05, 0) is 24.5 Å². The minimum atomic E-state index is -0.238. The van der Waals surface area contributed by atoms with Crippen molar-refractivity contribution in [3.63, 3.8) is 0 Å². The highest BCUT2D eigenvalue weighted by molar-refractivity contribution is 7.97. The summed E-state index contributed by atoms with van der Waals surface area (Å²) in [6.45, 7) is 0.360. The van der Waals surface area contributed by atoms with Gasteiger partial charge in [-0.2, -0.15) is 11.8 Å². The standard InChI is InChI=1S/C16H16N4O2S/c1-23-10-13-4-5-14(22-13)16(21)19-9-12-3-2-6-18-15(12)20-8-7-17-11-20/h2-8,11H,9-10H2,1H3,(H,19,21). The van der Waals surface area contributed by atoms with E-state index in [4.69, 9.17) is 4.42 Å². The number of amides is 1. The molecule has 0 atom stereocenters. The Kier molecular flexibility index (Phi) is 4.77. The molecule has 0 radical (unpaired) electrons. The third kappa shape index (κ3) is 3.62. The van der Waals surface area contributed by atoms with Crippen LogP contribution in [0.25, 0.3) is 5.82 Å². The Morgan fingerprint density at radius 1 is 1.35 bits per heavy atom. The molecule has 0 aliphatic rings. The molecule has 23 heavy (non-hydrogen) atoms. The first kappa shape index (κ1) is 15.4. The number of carbonyl (C=O) groups excluding carboxylic acids is 1. The number of hydrogen-bond donors (Lipinski definition) is 1. The molecule has 0 unspecified atom stereocenters. The highest BCUT2D eigenvalue weighted by atomic mass is 32.2. The Bertz CT molecular complexity index is 783. The van der Waals surface area contributed by atoms with Crippen LogP contribution in [0.15, 0.2) is 53.6 Å². The summed E-state index contributed by atoms with van der Waals surface area (Å²) < 4.78 is 7.32. The Morgan fingerprint density at radius 2 is 2.26 bits per heavy atom. The number of rotatable bonds is 6. The Morgan fingerprint density at radius 3 is 3.04 bits per heavy atom. The zero-order valence-corrected chi connectivity index (χ0v) is 13.4. The molecule has 0 aromatic carbocycles. The van der Waals surface area contributed by atoms with Crippen LogP contribution in [0.1, 0.15) is 21.9 Å². The van der Waals surface area contributed by atoms with Gasteiger partial charge in [0.15, 0.2) is 5.76 Å². The first-order chi connectivity index (χ1) is 11.3. The molecule has 0 bridgehead atoms. The summed E-state index contributed by atoms with van der Waals surface area (Å²) in [5.41, 5.74) is 0.898. The number of carbonyl (C=O) groups is 1. The van der Waals surface area contributed by atoms with Gasteiger partial charge in [0, 0.05) is 30.7 Å². The van der Waals surface area contributed by atoms with Gasteiger partial charge >= 0.3 is 0 Å². The number of hydrogen-bond acceptors (Lipinski definition) is 5. The van der Waals surface area contributed by atoms with E-state index in [0.29, 0.717) is 12.3 Å². The fourth-order valence-corrected chi connectivity index (χ4v) is 2.61. The maximum absolute atomic E-state index is 12.2. The van der Waals surface area contributed by atoms with Crippen molar-refractivity contribution >= 4 is 17.7 Å². The molecule has 118 valence electrons. The van der Waals surface area contributed by atoms with E-state index in [1.54, 1.807) is 36.5 Å². The van der Waals surface area contributed by atoms with E-state index < -0.39 is 0 Å². The normalized spacial score (nSPS) is 10.7. The molecular weight excluding hydrogens is 312 g/mol. The fourth-order valence-electron chi connectivity index (χ4n) is 2.17. The van der Waals surface area contributed by atoms with Gasteiger partial charge in [-0.3, -0.25) is 9.36 Å². The second kappa shape index (κ2) is 7.15. The lowest BCUT2D eigenvalue weighted by Gasteiger charge is -2.09. The SMILES string of the molecule is CSCc1ccc(C(=O)NCc2cccnc2-n2ccnc2)o1. The van der Waals surface area contributed by atoms with E-state index in [2.05, 4.69) is 15.3 Å². The number of thioether (sulfide) groups is 1. The lowest BCUT2D eigenvalue weighted by atomic mass is 10.2. The quantitative estimate of drug-likeness (QED) is 0.753. The van der Waals surface area contributed by atoms with E-state index in [0.717, 1.165) is 22.9 Å². The Balaban J connectivity index is 1.69. The summed E-state index contributed by atoms with van der Waals surface area (Å²) in [4.78, 5) is 20.5. The van der Waals surface area contributed by atoms with Gasteiger partial charge in [0.1, 0.15) is 17.9 Å². The summed E-state index contributed by atoms with van der Waals surface area (Å²) in [6.07, 6.45) is 8.88. The maximum atomic E-state index is 12.2. The predicted octanol–water partition coefficient (Wildman–Crippen LogP) is 2.65. The fraction of sp³-hybridized carbons (Fsp3) is 0.188. The second-order valence-electron chi connectivity index (χ2n) is 4.84. The van der Waals surface area contributed by atoms with Crippen LogP contribution in [-0.2, 0) is 12.3 Å². The van der Waals surface area contributed by atoms with Crippen molar-refractivity contribution in [3.05, 3.63) is 66.3 Å². The van der Waals surface area contributed by atoms with E-state index in [9.17, 15) is 4.79 Å². The van der Waals surface area contributed by atoms with Crippen LogP contribution in [0.5, 0.6) is 0 Å². The number of pyridine rings is 1. The van der Waals surface area contributed by atoms with Crippen LogP contribution in [-0.4, -0.2) is 26.7 Å². The molecule has 1 N–H and O–H groups in total. The summed E-state index contributed by atoms with van der Waals surface area (Å²) in [5.74, 6) is 2.37. The molecule has 6 nitrogen and oxygen atoms in total. The van der Waals surface area contributed by atoms with Crippen molar-refractivity contribution < 1.29 is 9.21 Å². The van der Waals surface area contributed by atoms with E-state index in [1.165, 1.54) is 0 Å². The minimum Gasteiger partial charge on any atom is -0.455 e. The molecule has 0 fully saturated rings. The minimum absolute atomic E-state index is 0.238. The zero-order chi connectivity index (χ0) is 16.1. The number of nitrogens with one attached hydrogen (secondary N) is 1. The Hall–Kier alpha value is -2.54. The first-order valence-corrected chi connectivity index (χ1v) is 8.45. The monoisotopic (exact) mass is 328 g/mol. The molecule has 1 amide bonds. The number of imidazole rings is 1. The predicted molar refractivity (Wildman–Crippen MR) is 88.5 cm³/mol.